The summed E-state index contributed by atoms with van der Waals surface area (Å²) in [5.41, 5.74) is 2.76. The Morgan fingerprint density at radius 1 is 1.13 bits per heavy atom. The van der Waals surface area contributed by atoms with Gasteiger partial charge in [0.15, 0.2) is 0 Å². The molecule has 1 saturated heterocycles. The molecule has 1 aliphatic carbocycles. The molecule has 0 aromatic heterocycles. The molecule has 0 amide bonds. The van der Waals surface area contributed by atoms with Gasteiger partial charge in [0.25, 0.3) is 0 Å². The molecule has 7 heteroatoms. The molecular formula is C32H40FN3O3. The number of piperidine rings is 1. The Morgan fingerprint density at radius 3 is 2.62 bits per heavy atom. The molecule has 0 N–H and O–H groups in total. The Hall–Kier alpha value is -2.95. The highest BCUT2D eigenvalue weighted by Gasteiger charge is 2.55. The van der Waals surface area contributed by atoms with Crippen LogP contribution in [0.2, 0.25) is 0 Å². The molecule has 3 unspecified atom stereocenters. The van der Waals surface area contributed by atoms with E-state index in [0.29, 0.717) is 18.1 Å². The maximum Gasteiger partial charge on any atom is 0.302 e. The molecule has 5 rings (SSSR count). The van der Waals surface area contributed by atoms with E-state index in [1.54, 1.807) is 24.3 Å². The van der Waals surface area contributed by atoms with E-state index in [1.165, 1.54) is 12.5 Å². The minimum Gasteiger partial charge on any atom is -0.494 e. The minimum absolute atomic E-state index is 0.109. The van der Waals surface area contributed by atoms with Gasteiger partial charge in [-0.1, -0.05) is 6.07 Å². The molecule has 3 aliphatic rings. The first-order valence-corrected chi connectivity index (χ1v) is 14.4. The summed E-state index contributed by atoms with van der Waals surface area (Å²) in [7, 11) is 2.17. The van der Waals surface area contributed by atoms with Gasteiger partial charge >= 0.3 is 5.97 Å². The Balaban J connectivity index is 1.29. The average molecular weight is 534 g/mol. The van der Waals surface area contributed by atoms with Crippen molar-refractivity contribution in [1.82, 2.24) is 9.80 Å². The van der Waals surface area contributed by atoms with Crippen LogP contribution in [-0.2, 0) is 21.5 Å². The number of likely N-dealkylation sites (N-methyl/N-ethyl adjacent to an activating group) is 1. The first-order chi connectivity index (χ1) is 18.9. The lowest BCUT2D eigenvalue weighted by Gasteiger charge is -2.54. The second-order valence-electron chi connectivity index (χ2n) is 11.7. The Kier molecular flexibility index (Phi) is 8.54. The van der Waals surface area contributed by atoms with Crippen molar-refractivity contribution in [2.75, 3.05) is 39.8 Å². The normalized spacial score (nSPS) is 26.1. The summed E-state index contributed by atoms with van der Waals surface area (Å²) in [4.78, 5) is 16.9. The zero-order valence-electron chi connectivity index (χ0n) is 23.2. The lowest BCUT2D eigenvalue weighted by atomic mass is 9.56. The van der Waals surface area contributed by atoms with Crippen LogP contribution in [0.4, 0.5) is 4.39 Å². The van der Waals surface area contributed by atoms with E-state index >= 15 is 0 Å². The van der Waals surface area contributed by atoms with E-state index in [2.05, 4.69) is 22.9 Å². The van der Waals surface area contributed by atoms with Crippen LogP contribution in [-0.4, -0.2) is 61.7 Å². The molecule has 208 valence electrons. The first kappa shape index (κ1) is 27.6. The Labute approximate surface area is 231 Å². The molecule has 0 radical (unpaired) electrons. The van der Waals surface area contributed by atoms with Crippen LogP contribution < -0.4 is 4.74 Å². The van der Waals surface area contributed by atoms with Crippen molar-refractivity contribution in [3.05, 3.63) is 65.0 Å². The fourth-order valence-electron chi connectivity index (χ4n) is 7.61. The molecule has 2 aromatic rings. The van der Waals surface area contributed by atoms with Gasteiger partial charge in [-0.05, 0) is 112 Å². The van der Waals surface area contributed by atoms with Crippen LogP contribution in [0.15, 0.2) is 42.5 Å². The van der Waals surface area contributed by atoms with Gasteiger partial charge < -0.3 is 19.3 Å². The number of carbonyl (C=O) groups is 1. The summed E-state index contributed by atoms with van der Waals surface area (Å²) >= 11 is 0. The number of ether oxygens (including phenoxy) is 2. The maximum absolute atomic E-state index is 14.8. The van der Waals surface area contributed by atoms with E-state index < -0.39 is 0 Å². The summed E-state index contributed by atoms with van der Waals surface area (Å²) in [6, 6.07) is 14.7. The van der Waals surface area contributed by atoms with Crippen LogP contribution in [0.1, 0.15) is 62.1 Å². The molecule has 3 atom stereocenters. The molecule has 2 aromatic carbocycles. The largest absolute Gasteiger partial charge is 0.494 e. The van der Waals surface area contributed by atoms with Crippen molar-refractivity contribution in [3.8, 4) is 11.8 Å². The van der Waals surface area contributed by atoms with Gasteiger partial charge in [0, 0.05) is 37.9 Å². The van der Waals surface area contributed by atoms with Crippen LogP contribution in [0.5, 0.6) is 5.75 Å². The molecule has 0 bridgehead atoms. The monoisotopic (exact) mass is 533 g/mol. The fourth-order valence-corrected chi connectivity index (χ4v) is 7.61. The van der Waals surface area contributed by atoms with Gasteiger partial charge in [0.2, 0.25) is 0 Å². The van der Waals surface area contributed by atoms with Crippen LogP contribution in [0.25, 0.3) is 0 Å². The highest BCUT2D eigenvalue weighted by atomic mass is 19.1. The standard InChI is InChI=1S/C32H40FN3O3/c1-23(37)39-31-6-3-5-29(31)32(22-35(2)21-25-9-10-27(33)19-30(25)32)26-13-16-36(17-14-26)15-4-18-38-28-11-7-24(20-34)8-12-28/h7-12,19,26,29,31H,3-6,13-18,21-22H2,1-2H3. The van der Waals surface area contributed by atoms with Crippen molar-refractivity contribution in [1.29, 1.82) is 5.26 Å². The van der Waals surface area contributed by atoms with E-state index in [-0.39, 0.29) is 29.2 Å². The SMILES string of the molecule is CC(=O)OC1CCCC1C1(C2CCN(CCCOc3ccc(C#N)cc3)CC2)CN(C)Cc2ccc(F)cc21. The number of hydrogen-bond donors (Lipinski definition) is 0. The molecule has 2 fully saturated rings. The average Bonchev–Trinajstić information content (AvgIpc) is 3.39. The maximum atomic E-state index is 14.8. The van der Waals surface area contributed by atoms with E-state index in [4.69, 9.17) is 14.7 Å². The number of fused-ring (bicyclic) bond motifs is 1. The topological polar surface area (TPSA) is 65.8 Å². The minimum atomic E-state index is -0.230. The number of nitrogens with zero attached hydrogens (tertiary/aromatic N) is 3. The second kappa shape index (κ2) is 12.1. The molecule has 1 saturated carbocycles. The quantitative estimate of drug-likeness (QED) is 0.339. The Morgan fingerprint density at radius 2 is 1.90 bits per heavy atom. The van der Waals surface area contributed by atoms with Crippen LogP contribution >= 0.6 is 0 Å². The number of hydrogen-bond acceptors (Lipinski definition) is 6. The van der Waals surface area contributed by atoms with Crippen molar-refractivity contribution in [2.45, 2.75) is 63.5 Å². The molecule has 6 nitrogen and oxygen atoms in total. The van der Waals surface area contributed by atoms with Crippen molar-refractivity contribution in [3.63, 3.8) is 0 Å². The van der Waals surface area contributed by atoms with Crippen molar-refractivity contribution >= 4 is 5.97 Å². The van der Waals surface area contributed by atoms with Crippen LogP contribution in [0.3, 0.4) is 0 Å². The fraction of sp³-hybridized carbons (Fsp3) is 0.562. The van der Waals surface area contributed by atoms with Gasteiger partial charge in [-0.25, -0.2) is 4.39 Å². The molecular weight excluding hydrogens is 493 g/mol. The third kappa shape index (κ3) is 5.97. The number of carbonyl (C=O) groups excluding carboxylic acids is 1. The number of esters is 1. The summed E-state index contributed by atoms with van der Waals surface area (Å²) in [6.07, 6.45) is 5.85. The first-order valence-electron chi connectivity index (χ1n) is 14.4. The van der Waals surface area contributed by atoms with E-state index in [1.807, 2.05) is 18.2 Å². The van der Waals surface area contributed by atoms with Crippen LogP contribution in [0, 0.1) is 29.0 Å². The molecule has 2 aliphatic heterocycles. The lowest BCUT2D eigenvalue weighted by Crippen LogP contribution is -2.57. The van der Waals surface area contributed by atoms with E-state index in [9.17, 15) is 9.18 Å². The number of rotatable bonds is 8. The predicted octanol–water partition coefficient (Wildman–Crippen LogP) is 5.29. The van der Waals surface area contributed by atoms with Gasteiger partial charge in [-0.3, -0.25) is 4.79 Å². The zero-order chi connectivity index (χ0) is 27.4. The second-order valence-corrected chi connectivity index (χ2v) is 11.7. The zero-order valence-corrected chi connectivity index (χ0v) is 23.2. The predicted molar refractivity (Wildman–Crippen MR) is 148 cm³/mol. The third-order valence-corrected chi connectivity index (χ3v) is 9.16. The highest BCUT2D eigenvalue weighted by Crippen LogP contribution is 2.54. The number of nitriles is 1. The van der Waals surface area contributed by atoms with Gasteiger partial charge in [0.1, 0.15) is 17.7 Å². The molecule has 2 heterocycles. The van der Waals surface area contributed by atoms with Gasteiger partial charge in [-0.15, -0.1) is 0 Å². The summed E-state index contributed by atoms with van der Waals surface area (Å²) < 4.78 is 26.6. The van der Waals surface area contributed by atoms with Crippen molar-refractivity contribution in [2.24, 2.45) is 11.8 Å². The molecule has 0 spiro atoms. The van der Waals surface area contributed by atoms with E-state index in [0.717, 1.165) is 82.6 Å². The smallest absolute Gasteiger partial charge is 0.302 e. The van der Waals surface area contributed by atoms with Crippen molar-refractivity contribution < 1.29 is 18.7 Å². The lowest BCUT2D eigenvalue weighted by molar-refractivity contribution is -0.150. The summed E-state index contributed by atoms with van der Waals surface area (Å²) in [6.45, 7) is 6.81. The summed E-state index contributed by atoms with van der Waals surface area (Å²) in [5, 5.41) is 8.95. The Bertz CT molecular complexity index is 1190. The highest BCUT2D eigenvalue weighted by molar-refractivity contribution is 5.66. The number of benzene rings is 2. The van der Waals surface area contributed by atoms with Gasteiger partial charge in [0.05, 0.1) is 18.2 Å². The number of likely N-dealkylation sites (tertiary alicyclic amines) is 1. The summed E-state index contributed by atoms with van der Waals surface area (Å²) in [5.74, 6) is 0.990. The third-order valence-electron chi connectivity index (χ3n) is 9.16. The van der Waals surface area contributed by atoms with Gasteiger partial charge in [-0.2, -0.15) is 5.26 Å². The molecule has 39 heavy (non-hydrogen) atoms. The number of halogens is 1.